The van der Waals surface area contributed by atoms with Gasteiger partial charge in [0.15, 0.2) is 0 Å². The molecule has 0 unspecified atom stereocenters. The molecule has 0 saturated carbocycles. The van der Waals surface area contributed by atoms with E-state index in [2.05, 4.69) is 10.6 Å². The number of carbonyl (C=O) groups excluding carboxylic acids is 2. The van der Waals surface area contributed by atoms with Gasteiger partial charge < -0.3 is 16.4 Å². The van der Waals surface area contributed by atoms with E-state index in [1.807, 2.05) is 0 Å². The van der Waals surface area contributed by atoms with E-state index < -0.39 is 21.8 Å². The van der Waals surface area contributed by atoms with Crippen molar-refractivity contribution >= 4 is 21.8 Å². The average molecular weight is 238 g/mol. The monoisotopic (exact) mass is 238 g/mol. The second kappa shape index (κ2) is 6.32. The lowest BCUT2D eigenvalue weighted by Crippen LogP contribution is -2.41. The molecule has 0 bridgehead atoms. The number of rotatable bonds is 6. The Hall–Kier alpha value is -1.19. The Morgan fingerprint density at radius 3 is 2.20 bits per heavy atom. The van der Waals surface area contributed by atoms with Crippen LogP contribution in [0.1, 0.15) is 0 Å². The van der Waals surface area contributed by atoms with Gasteiger partial charge in [-0.1, -0.05) is 0 Å². The number of hydrogen-bond donors (Lipinski definition) is 4. The van der Waals surface area contributed by atoms with Crippen molar-refractivity contribution in [3.05, 3.63) is 0 Å². The lowest BCUT2D eigenvalue weighted by molar-refractivity contribution is -0.125. The molecular formula is C6H14N4O4S. The summed E-state index contributed by atoms with van der Waals surface area (Å²) < 4.78 is 20.9. The summed E-state index contributed by atoms with van der Waals surface area (Å²) in [6.45, 7) is -0.527. The van der Waals surface area contributed by atoms with E-state index >= 15 is 0 Å². The van der Waals surface area contributed by atoms with Crippen molar-refractivity contribution in [2.45, 2.75) is 0 Å². The van der Waals surface area contributed by atoms with E-state index in [1.165, 1.54) is 0 Å². The predicted octanol–water partition coefficient (Wildman–Crippen LogP) is -3.53. The topological polar surface area (TPSA) is 144 Å². The molecule has 0 atom stereocenters. The van der Waals surface area contributed by atoms with Gasteiger partial charge in [0, 0.05) is 6.54 Å². The molecule has 0 fully saturated rings. The molecule has 0 radical (unpaired) electrons. The highest BCUT2D eigenvalue weighted by molar-refractivity contribution is 7.89. The van der Waals surface area contributed by atoms with Crippen molar-refractivity contribution in [3.63, 3.8) is 0 Å². The van der Waals surface area contributed by atoms with Crippen molar-refractivity contribution in [2.24, 2.45) is 10.9 Å². The van der Waals surface area contributed by atoms with Gasteiger partial charge in [-0.05, 0) is 0 Å². The fourth-order valence-electron chi connectivity index (χ4n) is 0.646. The molecule has 0 aromatic heterocycles. The van der Waals surface area contributed by atoms with E-state index in [-0.39, 0.29) is 25.4 Å². The Morgan fingerprint density at radius 2 is 1.73 bits per heavy atom. The third kappa shape index (κ3) is 9.12. The van der Waals surface area contributed by atoms with Gasteiger partial charge in [0.25, 0.3) is 0 Å². The number of sulfonamides is 1. The predicted molar refractivity (Wildman–Crippen MR) is 53.0 cm³/mol. The van der Waals surface area contributed by atoms with Crippen molar-refractivity contribution < 1.29 is 18.0 Å². The molecule has 8 nitrogen and oxygen atoms in total. The van der Waals surface area contributed by atoms with Crippen LogP contribution in [0.25, 0.3) is 0 Å². The largest absolute Gasteiger partial charge is 0.353 e. The lowest BCUT2D eigenvalue weighted by atomic mass is 10.5. The Bertz CT molecular complexity index is 326. The Kier molecular flexibility index (Phi) is 5.82. The number of hydrogen-bond acceptors (Lipinski definition) is 5. The highest BCUT2D eigenvalue weighted by Crippen LogP contribution is 1.74. The normalized spacial score (nSPS) is 10.8. The minimum absolute atomic E-state index is 0.0871. The molecule has 6 N–H and O–H groups in total. The van der Waals surface area contributed by atoms with Gasteiger partial charge in [-0.15, -0.1) is 0 Å². The molecule has 2 amide bonds. The summed E-state index contributed by atoms with van der Waals surface area (Å²) in [6.07, 6.45) is 0. The fraction of sp³-hybridized carbons (Fsp3) is 0.667. The van der Waals surface area contributed by atoms with Crippen LogP contribution in [0, 0.1) is 0 Å². The molecule has 0 aliphatic carbocycles. The number of nitrogens with two attached hydrogens (primary N) is 2. The summed E-state index contributed by atoms with van der Waals surface area (Å²) in [7, 11) is -3.58. The average Bonchev–Trinajstić information content (AvgIpc) is 2.12. The van der Waals surface area contributed by atoms with Crippen LogP contribution in [-0.2, 0) is 19.6 Å². The van der Waals surface area contributed by atoms with Crippen molar-refractivity contribution in [1.29, 1.82) is 0 Å². The van der Waals surface area contributed by atoms with Crippen LogP contribution in [0.5, 0.6) is 0 Å². The Morgan fingerprint density at radius 1 is 1.13 bits per heavy atom. The zero-order valence-corrected chi connectivity index (χ0v) is 8.84. The maximum absolute atomic E-state index is 10.9. The maximum atomic E-state index is 10.9. The summed E-state index contributed by atoms with van der Waals surface area (Å²) in [5, 5.41) is 9.19. The van der Waals surface area contributed by atoms with Gasteiger partial charge >= 0.3 is 0 Å². The van der Waals surface area contributed by atoms with Gasteiger partial charge in [0.1, 0.15) is 0 Å². The first-order chi connectivity index (χ1) is 6.85. The summed E-state index contributed by atoms with van der Waals surface area (Å²) in [5.74, 6) is -1.30. The zero-order chi connectivity index (χ0) is 11.9. The zero-order valence-electron chi connectivity index (χ0n) is 8.02. The smallest absolute Gasteiger partial charge is 0.239 e. The molecule has 88 valence electrons. The summed E-state index contributed by atoms with van der Waals surface area (Å²) in [4.78, 5) is 21.6. The van der Waals surface area contributed by atoms with Crippen molar-refractivity contribution in [1.82, 2.24) is 10.6 Å². The van der Waals surface area contributed by atoms with Gasteiger partial charge in [-0.25, -0.2) is 13.6 Å². The SMILES string of the molecule is NCC(=O)NCC(=O)NCCS(N)(=O)=O. The van der Waals surface area contributed by atoms with Crippen LogP contribution in [0.2, 0.25) is 0 Å². The van der Waals surface area contributed by atoms with Crippen LogP contribution in [0.15, 0.2) is 0 Å². The van der Waals surface area contributed by atoms with Gasteiger partial charge in [-0.3, -0.25) is 9.59 Å². The highest BCUT2D eigenvalue weighted by atomic mass is 32.2. The molecule has 0 rings (SSSR count). The summed E-state index contributed by atoms with van der Waals surface area (Å²) in [5.41, 5.74) is 4.98. The van der Waals surface area contributed by atoms with E-state index in [1.54, 1.807) is 0 Å². The molecule has 15 heavy (non-hydrogen) atoms. The Balaban J connectivity index is 3.63. The van der Waals surface area contributed by atoms with Gasteiger partial charge in [0.05, 0.1) is 18.8 Å². The second-order valence-electron chi connectivity index (χ2n) is 2.70. The van der Waals surface area contributed by atoms with Crippen LogP contribution >= 0.6 is 0 Å². The highest BCUT2D eigenvalue weighted by Gasteiger charge is 2.06. The second-order valence-corrected chi connectivity index (χ2v) is 4.43. The third-order valence-electron chi connectivity index (χ3n) is 1.34. The molecule has 0 aliphatic heterocycles. The molecular weight excluding hydrogens is 224 g/mol. The van der Waals surface area contributed by atoms with E-state index in [0.29, 0.717) is 0 Å². The molecule has 0 saturated heterocycles. The summed E-state index contributed by atoms with van der Waals surface area (Å²) >= 11 is 0. The lowest BCUT2D eigenvalue weighted by Gasteiger charge is -2.04. The minimum atomic E-state index is -3.58. The van der Waals surface area contributed by atoms with Gasteiger partial charge in [-0.2, -0.15) is 0 Å². The minimum Gasteiger partial charge on any atom is -0.353 e. The molecule has 0 aromatic carbocycles. The van der Waals surface area contributed by atoms with Gasteiger partial charge in [0.2, 0.25) is 21.8 Å². The molecule has 9 heteroatoms. The third-order valence-corrected chi connectivity index (χ3v) is 2.11. The quantitative estimate of drug-likeness (QED) is 0.379. The molecule has 0 heterocycles. The van der Waals surface area contributed by atoms with E-state index in [4.69, 9.17) is 10.9 Å². The van der Waals surface area contributed by atoms with Crippen LogP contribution in [0.4, 0.5) is 0 Å². The van der Waals surface area contributed by atoms with E-state index in [0.717, 1.165) is 0 Å². The standard InChI is InChI=1S/C6H14N4O4S/c7-3-5(11)10-4-6(12)9-1-2-15(8,13)14/h1-4,7H2,(H,9,12)(H,10,11)(H2,8,13,14). The first kappa shape index (κ1) is 13.8. The number of amides is 2. The Labute approximate surface area is 87.4 Å². The fourth-order valence-corrected chi connectivity index (χ4v) is 1.03. The molecule has 0 aromatic rings. The molecule has 0 spiro atoms. The number of primary sulfonamides is 1. The first-order valence-electron chi connectivity index (χ1n) is 4.09. The van der Waals surface area contributed by atoms with Crippen molar-refractivity contribution in [2.75, 3.05) is 25.4 Å². The van der Waals surface area contributed by atoms with Crippen LogP contribution < -0.4 is 21.5 Å². The van der Waals surface area contributed by atoms with Crippen LogP contribution in [0.3, 0.4) is 0 Å². The molecule has 0 aliphatic rings. The first-order valence-corrected chi connectivity index (χ1v) is 5.80. The summed E-state index contributed by atoms with van der Waals surface area (Å²) in [6, 6.07) is 0. The maximum Gasteiger partial charge on any atom is 0.239 e. The van der Waals surface area contributed by atoms with Crippen LogP contribution in [-0.4, -0.2) is 45.6 Å². The number of carbonyl (C=O) groups is 2. The number of nitrogens with one attached hydrogen (secondary N) is 2. The van der Waals surface area contributed by atoms with Crippen molar-refractivity contribution in [3.8, 4) is 0 Å². The van der Waals surface area contributed by atoms with E-state index in [9.17, 15) is 18.0 Å².